The summed E-state index contributed by atoms with van der Waals surface area (Å²) in [6, 6.07) is 12.4. The first-order valence-corrected chi connectivity index (χ1v) is 10.1. The number of nitrogens with one attached hydrogen (secondary N) is 1. The van der Waals surface area contributed by atoms with Gasteiger partial charge in [-0.05, 0) is 36.4 Å². The van der Waals surface area contributed by atoms with Crippen LogP contribution in [-0.4, -0.2) is 48.4 Å². The second kappa shape index (κ2) is 9.90. The zero-order valence-electron chi connectivity index (χ0n) is 14.6. The molecule has 2 heterocycles. The second-order valence-electron chi connectivity index (χ2n) is 6.58. The molecule has 1 aliphatic heterocycles. The van der Waals surface area contributed by atoms with Crippen LogP contribution in [0.5, 0.6) is 0 Å². The summed E-state index contributed by atoms with van der Waals surface area (Å²) < 4.78 is 19.1. The first kappa shape index (κ1) is 22.9. The summed E-state index contributed by atoms with van der Waals surface area (Å²) in [5.41, 5.74) is 2.17. The van der Waals surface area contributed by atoms with E-state index in [2.05, 4.69) is 70.9 Å². The van der Waals surface area contributed by atoms with Gasteiger partial charge in [0.25, 0.3) is 0 Å². The average molecular weight is 542 g/mol. The SMILES string of the molecule is Cl.Cl.F[C@@H](CN1CCNCC1)Cn1c2ccc(Br)cc2c2cc(Br)ccc21. The van der Waals surface area contributed by atoms with Crippen LogP contribution in [0.15, 0.2) is 45.3 Å². The molecule has 27 heavy (non-hydrogen) atoms. The van der Waals surface area contributed by atoms with Crippen LogP contribution < -0.4 is 5.32 Å². The van der Waals surface area contributed by atoms with E-state index >= 15 is 0 Å². The quantitative estimate of drug-likeness (QED) is 0.477. The number of hydrogen-bond donors (Lipinski definition) is 1. The number of rotatable bonds is 4. The number of benzene rings is 2. The summed E-state index contributed by atoms with van der Waals surface area (Å²) >= 11 is 7.11. The van der Waals surface area contributed by atoms with E-state index in [0.29, 0.717) is 13.1 Å². The van der Waals surface area contributed by atoms with Gasteiger partial charge in [0, 0.05) is 63.5 Å². The Morgan fingerprint density at radius 2 is 1.41 bits per heavy atom. The van der Waals surface area contributed by atoms with Gasteiger partial charge in [-0.3, -0.25) is 4.90 Å². The van der Waals surface area contributed by atoms with Gasteiger partial charge < -0.3 is 9.88 Å². The van der Waals surface area contributed by atoms with Gasteiger partial charge in [0.05, 0.1) is 6.54 Å². The molecule has 4 rings (SSSR count). The highest BCUT2D eigenvalue weighted by atomic mass is 79.9. The lowest BCUT2D eigenvalue weighted by Gasteiger charge is -2.28. The predicted molar refractivity (Wildman–Crippen MR) is 124 cm³/mol. The lowest BCUT2D eigenvalue weighted by Crippen LogP contribution is -2.46. The molecule has 0 bridgehead atoms. The van der Waals surface area contributed by atoms with Crippen LogP contribution in [0, 0.1) is 0 Å². The monoisotopic (exact) mass is 539 g/mol. The minimum atomic E-state index is -0.885. The summed E-state index contributed by atoms with van der Waals surface area (Å²) in [5, 5.41) is 5.62. The van der Waals surface area contributed by atoms with Crippen molar-refractivity contribution < 1.29 is 4.39 Å². The third-order valence-electron chi connectivity index (χ3n) is 4.84. The number of aromatic nitrogens is 1. The van der Waals surface area contributed by atoms with Crippen LogP contribution in [0.25, 0.3) is 21.8 Å². The Labute approximate surface area is 187 Å². The maximum atomic E-state index is 14.9. The van der Waals surface area contributed by atoms with Gasteiger partial charge >= 0.3 is 0 Å². The topological polar surface area (TPSA) is 20.2 Å². The molecule has 1 saturated heterocycles. The molecule has 3 nitrogen and oxygen atoms in total. The Bertz CT molecular complexity index is 853. The van der Waals surface area contributed by atoms with Gasteiger partial charge in [0.1, 0.15) is 6.17 Å². The van der Waals surface area contributed by atoms with Crippen LogP contribution in [-0.2, 0) is 6.54 Å². The minimum Gasteiger partial charge on any atom is -0.337 e. The van der Waals surface area contributed by atoms with Gasteiger partial charge in [-0.15, -0.1) is 24.8 Å². The zero-order chi connectivity index (χ0) is 17.4. The number of halogens is 5. The van der Waals surface area contributed by atoms with Crippen molar-refractivity contribution in [1.82, 2.24) is 14.8 Å². The summed E-state index contributed by atoms with van der Waals surface area (Å²) in [5.74, 6) is 0. The third-order valence-corrected chi connectivity index (χ3v) is 5.82. The summed E-state index contributed by atoms with van der Waals surface area (Å²) in [4.78, 5) is 2.21. The van der Waals surface area contributed by atoms with Crippen molar-refractivity contribution in [2.45, 2.75) is 12.7 Å². The van der Waals surface area contributed by atoms with E-state index in [1.807, 2.05) is 12.1 Å². The highest BCUT2D eigenvalue weighted by Gasteiger charge is 2.19. The van der Waals surface area contributed by atoms with Gasteiger partial charge in [0.2, 0.25) is 0 Å². The number of alkyl halides is 1. The maximum absolute atomic E-state index is 14.9. The molecule has 0 spiro atoms. The van der Waals surface area contributed by atoms with E-state index in [1.54, 1.807) is 0 Å². The lowest BCUT2D eigenvalue weighted by atomic mass is 10.2. The normalized spacial score (nSPS) is 16.1. The van der Waals surface area contributed by atoms with E-state index in [4.69, 9.17) is 0 Å². The Hall–Kier alpha value is -0.370. The predicted octanol–water partition coefficient (Wildman–Crippen LogP) is 5.41. The van der Waals surface area contributed by atoms with Gasteiger partial charge in [-0.2, -0.15) is 0 Å². The number of hydrogen-bond acceptors (Lipinski definition) is 2. The largest absolute Gasteiger partial charge is 0.337 e. The fourth-order valence-corrected chi connectivity index (χ4v) is 4.40. The van der Waals surface area contributed by atoms with Gasteiger partial charge in [-0.25, -0.2) is 4.39 Å². The van der Waals surface area contributed by atoms with E-state index < -0.39 is 6.17 Å². The van der Waals surface area contributed by atoms with E-state index in [1.165, 1.54) is 0 Å². The van der Waals surface area contributed by atoms with Crippen LogP contribution in [0.4, 0.5) is 4.39 Å². The van der Waals surface area contributed by atoms with Crippen molar-refractivity contribution in [1.29, 1.82) is 0 Å². The molecule has 1 atom stereocenters. The second-order valence-corrected chi connectivity index (χ2v) is 8.41. The average Bonchev–Trinajstić information content (AvgIpc) is 2.88. The molecule has 0 radical (unpaired) electrons. The molecule has 1 aromatic heterocycles. The Kier molecular flexibility index (Phi) is 8.40. The Balaban J connectivity index is 0.00000131. The fraction of sp³-hybridized carbons (Fsp3) is 0.368. The molecule has 0 saturated carbocycles. The van der Waals surface area contributed by atoms with E-state index in [9.17, 15) is 4.39 Å². The Morgan fingerprint density at radius 1 is 0.889 bits per heavy atom. The standard InChI is InChI=1S/C19H20Br2FN3.2ClH/c20-13-1-3-18-16(9-13)17-10-14(21)2-4-19(17)25(18)12-15(22)11-24-7-5-23-6-8-24;;/h1-4,9-10,15,23H,5-8,11-12H2;2*1H/t15-;;/m0../s1. The molecule has 0 unspecified atom stereocenters. The number of nitrogens with zero attached hydrogens (tertiary/aromatic N) is 2. The van der Waals surface area contributed by atoms with Crippen LogP contribution in [0.1, 0.15) is 0 Å². The highest BCUT2D eigenvalue weighted by Crippen LogP contribution is 2.33. The van der Waals surface area contributed by atoms with Crippen molar-refractivity contribution in [3.8, 4) is 0 Å². The van der Waals surface area contributed by atoms with E-state index in [-0.39, 0.29) is 24.8 Å². The van der Waals surface area contributed by atoms with Crippen LogP contribution >= 0.6 is 56.7 Å². The van der Waals surface area contributed by atoms with Gasteiger partial charge in [-0.1, -0.05) is 31.9 Å². The third kappa shape index (κ3) is 4.98. The van der Waals surface area contributed by atoms with Crippen molar-refractivity contribution in [2.75, 3.05) is 32.7 Å². The minimum absolute atomic E-state index is 0. The molecule has 1 N–H and O–H groups in total. The van der Waals surface area contributed by atoms with Gasteiger partial charge in [0.15, 0.2) is 0 Å². The van der Waals surface area contributed by atoms with Crippen molar-refractivity contribution in [2.24, 2.45) is 0 Å². The molecule has 0 aliphatic carbocycles. The lowest BCUT2D eigenvalue weighted by molar-refractivity contribution is 0.164. The summed E-state index contributed by atoms with van der Waals surface area (Å²) in [6.07, 6.45) is -0.885. The molecule has 1 fully saturated rings. The first-order chi connectivity index (χ1) is 12.1. The highest BCUT2D eigenvalue weighted by molar-refractivity contribution is 9.10. The number of fused-ring (bicyclic) bond motifs is 3. The molecule has 148 valence electrons. The van der Waals surface area contributed by atoms with Crippen LogP contribution in [0.2, 0.25) is 0 Å². The van der Waals surface area contributed by atoms with E-state index in [0.717, 1.165) is 56.9 Å². The molecule has 1 aliphatic rings. The molecule has 2 aromatic carbocycles. The zero-order valence-corrected chi connectivity index (χ0v) is 19.4. The van der Waals surface area contributed by atoms with Crippen molar-refractivity contribution >= 4 is 78.5 Å². The molecule has 8 heteroatoms. The van der Waals surface area contributed by atoms with Crippen molar-refractivity contribution in [3.05, 3.63) is 45.3 Å². The Morgan fingerprint density at radius 3 is 1.93 bits per heavy atom. The summed E-state index contributed by atoms with van der Waals surface area (Å²) in [7, 11) is 0. The molecule has 0 amide bonds. The smallest absolute Gasteiger partial charge is 0.131 e. The van der Waals surface area contributed by atoms with Crippen LogP contribution in [0.3, 0.4) is 0 Å². The maximum Gasteiger partial charge on any atom is 0.131 e. The molecular weight excluding hydrogens is 520 g/mol. The fourth-order valence-electron chi connectivity index (χ4n) is 3.67. The first-order valence-electron chi connectivity index (χ1n) is 8.56. The molecule has 3 aromatic rings. The number of piperazine rings is 1. The molecular formula is C19H22Br2Cl2FN3. The summed E-state index contributed by atoms with van der Waals surface area (Å²) in [6.45, 7) is 4.62. The van der Waals surface area contributed by atoms with Crippen molar-refractivity contribution in [3.63, 3.8) is 0 Å².